The zero-order valence-corrected chi connectivity index (χ0v) is 17.0. The van der Waals surface area contributed by atoms with Gasteiger partial charge >= 0.3 is 6.03 Å². The van der Waals surface area contributed by atoms with E-state index < -0.39 is 0 Å². The van der Waals surface area contributed by atoms with E-state index in [1.54, 1.807) is 11.9 Å². The Morgan fingerprint density at radius 1 is 1.29 bits per heavy atom. The molecule has 0 atom stereocenters. The number of urea groups is 1. The molecule has 0 unspecified atom stereocenters. The van der Waals surface area contributed by atoms with Gasteiger partial charge in [-0.3, -0.25) is 4.68 Å². The predicted octanol–water partition coefficient (Wildman–Crippen LogP) is 3.31. The Bertz CT molecular complexity index is 1010. The molecular weight excluding hydrogens is 352 g/mol. The standard InChI is InChI=1S/C21H28N6O/c1-14-5-6-17-18(9-14)24-19(23-17)11-26(4)20(28)22-12-21(7-8-21)13-27-16(3)10-15(2)25-27/h5-6,9-10H,7-8,11-13H2,1-4H3,(H,22,28)(H,23,24). The van der Waals surface area contributed by atoms with Gasteiger partial charge in [0.05, 0.1) is 23.3 Å². The number of nitrogens with zero attached hydrogens (tertiary/aromatic N) is 4. The fraction of sp³-hybridized carbons (Fsp3) is 0.476. The Balaban J connectivity index is 1.33. The lowest BCUT2D eigenvalue weighted by Gasteiger charge is -2.21. The maximum atomic E-state index is 12.6. The van der Waals surface area contributed by atoms with Crippen LogP contribution in [0.3, 0.4) is 0 Å². The first-order chi connectivity index (χ1) is 13.3. The summed E-state index contributed by atoms with van der Waals surface area (Å²) in [6.07, 6.45) is 2.25. The molecule has 0 bridgehead atoms. The number of fused-ring (bicyclic) bond motifs is 1. The first-order valence-corrected chi connectivity index (χ1v) is 9.79. The van der Waals surface area contributed by atoms with Crippen LogP contribution in [0.2, 0.25) is 0 Å². The molecule has 1 fully saturated rings. The summed E-state index contributed by atoms with van der Waals surface area (Å²) in [7, 11) is 1.80. The Morgan fingerprint density at radius 3 is 2.75 bits per heavy atom. The number of amides is 2. The number of nitrogens with one attached hydrogen (secondary N) is 2. The fourth-order valence-corrected chi connectivity index (χ4v) is 3.67. The van der Waals surface area contributed by atoms with Crippen molar-refractivity contribution < 1.29 is 4.79 Å². The number of carbonyl (C=O) groups excluding carboxylic acids is 1. The average Bonchev–Trinajstić information content (AvgIpc) is 3.17. The maximum absolute atomic E-state index is 12.6. The van der Waals surface area contributed by atoms with Crippen LogP contribution in [0.15, 0.2) is 24.3 Å². The highest BCUT2D eigenvalue weighted by atomic mass is 16.2. The number of benzene rings is 1. The van der Waals surface area contributed by atoms with Crippen molar-refractivity contribution in [2.75, 3.05) is 13.6 Å². The van der Waals surface area contributed by atoms with Gasteiger partial charge in [-0.05, 0) is 57.4 Å². The fourth-order valence-electron chi connectivity index (χ4n) is 3.67. The molecular formula is C21H28N6O. The molecule has 2 N–H and O–H groups in total. The molecule has 2 amide bonds. The Kier molecular flexibility index (Phi) is 4.61. The second-order valence-corrected chi connectivity index (χ2v) is 8.30. The zero-order valence-electron chi connectivity index (χ0n) is 17.0. The van der Waals surface area contributed by atoms with Crippen molar-refractivity contribution in [1.82, 2.24) is 30.0 Å². The van der Waals surface area contributed by atoms with Crippen LogP contribution >= 0.6 is 0 Å². The van der Waals surface area contributed by atoms with E-state index in [1.165, 1.54) is 11.3 Å². The monoisotopic (exact) mass is 380 g/mol. The average molecular weight is 380 g/mol. The topological polar surface area (TPSA) is 78.8 Å². The molecule has 4 rings (SSSR count). The van der Waals surface area contributed by atoms with Crippen molar-refractivity contribution in [3.05, 3.63) is 47.0 Å². The van der Waals surface area contributed by atoms with Gasteiger partial charge < -0.3 is 15.2 Å². The summed E-state index contributed by atoms with van der Waals surface area (Å²) in [5.74, 6) is 0.794. The molecule has 0 radical (unpaired) electrons. The van der Waals surface area contributed by atoms with Gasteiger partial charge in [0.15, 0.2) is 0 Å². The number of aromatic nitrogens is 4. The third kappa shape index (κ3) is 3.88. The summed E-state index contributed by atoms with van der Waals surface area (Å²) in [6.45, 7) is 8.13. The minimum atomic E-state index is -0.0729. The van der Waals surface area contributed by atoms with Crippen molar-refractivity contribution in [1.29, 1.82) is 0 Å². The molecule has 28 heavy (non-hydrogen) atoms. The van der Waals surface area contributed by atoms with E-state index in [-0.39, 0.29) is 11.4 Å². The van der Waals surface area contributed by atoms with Gasteiger partial charge in [-0.1, -0.05) is 6.07 Å². The molecule has 1 aliphatic carbocycles. The van der Waals surface area contributed by atoms with Crippen molar-refractivity contribution in [3.63, 3.8) is 0 Å². The lowest BCUT2D eigenvalue weighted by atomic mass is 10.1. The van der Waals surface area contributed by atoms with Crippen molar-refractivity contribution in [2.24, 2.45) is 5.41 Å². The summed E-state index contributed by atoms with van der Waals surface area (Å²) in [6, 6.07) is 8.14. The van der Waals surface area contributed by atoms with Crippen molar-refractivity contribution >= 4 is 17.1 Å². The largest absolute Gasteiger partial charge is 0.340 e. The second kappa shape index (κ2) is 6.96. The zero-order chi connectivity index (χ0) is 19.9. The van der Waals surface area contributed by atoms with E-state index in [2.05, 4.69) is 51.0 Å². The van der Waals surface area contributed by atoms with Gasteiger partial charge in [0.25, 0.3) is 0 Å². The van der Waals surface area contributed by atoms with Crippen molar-refractivity contribution in [2.45, 2.75) is 46.7 Å². The molecule has 0 saturated heterocycles. The first kappa shape index (κ1) is 18.5. The molecule has 1 aromatic carbocycles. The quantitative estimate of drug-likeness (QED) is 0.689. The molecule has 3 aromatic rings. The molecule has 7 nitrogen and oxygen atoms in total. The van der Waals surface area contributed by atoms with E-state index in [4.69, 9.17) is 0 Å². The summed E-state index contributed by atoms with van der Waals surface area (Å²) in [4.78, 5) is 22.1. The Morgan fingerprint density at radius 2 is 2.07 bits per heavy atom. The minimum Gasteiger partial charge on any atom is -0.340 e. The number of H-pyrrole nitrogens is 1. The van der Waals surface area contributed by atoms with Crippen LogP contribution in [0.25, 0.3) is 11.0 Å². The number of aryl methyl sites for hydroxylation is 3. The number of imidazole rings is 1. The van der Waals surface area contributed by atoms with E-state index >= 15 is 0 Å². The highest BCUT2D eigenvalue weighted by Gasteiger charge is 2.43. The number of carbonyl (C=O) groups is 1. The third-order valence-electron chi connectivity index (χ3n) is 5.58. The van der Waals surface area contributed by atoms with Gasteiger partial charge in [-0.15, -0.1) is 0 Å². The van der Waals surface area contributed by atoms with Crippen LogP contribution in [0.1, 0.15) is 35.6 Å². The van der Waals surface area contributed by atoms with Crippen LogP contribution in [-0.2, 0) is 13.1 Å². The molecule has 0 aliphatic heterocycles. The lowest BCUT2D eigenvalue weighted by molar-refractivity contribution is 0.202. The number of aromatic amines is 1. The van der Waals surface area contributed by atoms with E-state index in [0.29, 0.717) is 13.1 Å². The van der Waals surface area contributed by atoms with Crippen molar-refractivity contribution in [3.8, 4) is 0 Å². The summed E-state index contributed by atoms with van der Waals surface area (Å²) < 4.78 is 2.06. The minimum absolute atomic E-state index is 0.0729. The van der Waals surface area contributed by atoms with Crippen LogP contribution < -0.4 is 5.32 Å². The number of rotatable bonds is 6. The van der Waals surface area contributed by atoms with Gasteiger partial charge in [0.2, 0.25) is 0 Å². The van der Waals surface area contributed by atoms with Gasteiger partial charge in [-0.2, -0.15) is 5.10 Å². The lowest BCUT2D eigenvalue weighted by Crippen LogP contribution is -2.40. The Labute approximate surface area is 165 Å². The smallest absolute Gasteiger partial charge is 0.317 e. The van der Waals surface area contributed by atoms with Gasteiger partial charge in [-0.25, -0.2) is 9.78 Å². The summed E-state index contributed by atoms with van der Waals surface area (Å²) in [5.41, 5.74) is 5.47. The molecule has 148 valence electrons. The van der Waals surface area contributed by atoms with Crippen LogP contribution in [-0.4, -0.2) is 44.3 Å². The number of hydrogen-bond acceptors (Lipinski definition) is 3. The summed E-state index contributed by atoms with van der Waals surface area (Å²) in [5, 5.41) is 7.66. The van der Waals surface area contributed by atoms with Gasteiger partial charge in [0.1, 0.15) is 5.82 Å². The molecule has 2 heterocycles. The van der Waals surface area contributed by atoms with Gasteiger partial charge in [0, 0.05) is 31.2 Å². The van der Waals surface area contributed by atoms with Crippen LogP contribution in [0.5, 0.6) is 0 Å². The molecule has 7 heteroatoms. The predicted molar refractivity (Wildman–Crippen MR) is 109 cm³/mol. The van der Waals surface area contributed by atoms with E-state index in [9.17, 15) is 4.79 Å². The third-order valence-corrected chi connectivity index (χ3v) is 5.58. The van der Waals surface area contributed by atoms with E-state index in [1.807, 2.05) is 19.1 Å². The summed E-state index contributed by atoms with van der Waals surface area (Å²) >= 11 is 0. The molecule has 1 aliphatic rings. The molecule has 2 aromatic heterocycles. The Hall–Kier alpha value is -2.83. The maximum Gasteiger partial charge on any atom is 0.317 e. The SMILES string of the molecule is Cc1ccc2nc(CN(C)C(=O)NCC3(Cn4nc(C)cc4C)CC3)[nH]c2c1. The molecule has 1 saturated carbocycles. The van der Waals surface area contributed by atoms with Crippen LogP contribution in [0.4, 0.5) is 4.79 Å². The van der Waals surface area contributed by atoms with E-state index in [0.717, 1.165) is 41.9 Å². The number of hydrogen-bond donors (Lipinski definition) is 2. The normalized spacial score (nSPS) is 15.0. The van der Waals surface area contributed by atoms with Crippen LogP contribution in [0, 0.1) is 26.2 Å². The highest BCUT2D eigenvalue weighted by molar-refractivity contribution is 5.76. The highest BCUT2D eigenvalue weighted by Crippen LogP contribution is 2.46. The second-order valence-electron chi connectivity index (χ2n) is 8.30. The molecule has 0 spiro atoms. The first-order valence-electron chi connectivity index (χ1n) is 9.79.